The van der Waals surface area contributed by atoms with E-state index < -0.39 is 51.7 Å². The van der Waals surface area contributed by atoms with E-state index in [-0.39, 0.29) is 0 Å². The van der Waals surface area contributed by atoms with Gasteiger partial charge in [-0.2, -0.15) is 5.26 Å². The fourth-order valence-corrected chi connectivity index (χ4v) is 1.58. The highest BCUT2D eigenvalue weighted by Crippen LogP contribution is 2.24. The van der Waals surface area contributed by atoms with Gasteiger partial charge in [-0.05, 0) is 6.07 Å². The second-order valence-electron chi connectivity index (χ2n) is 3.43. The van der Waals surface area contributed by atoms with Crippen molar-refractivity contribution in [2.24, 2.45) is 0 Å². The molecule has 0 saturated carbocycles. The first-order valence-electron chi connectivity index (χ1n) is 4.76. The van der Waals surface area contributed by atoms with Gasteiger partial charge in [-0.3, -0.25) is 0 Å². The Balaban J connectivity index is 4.06. The molecule has 0 aliphatic rings. The molecule has 1 aromatic rings. The fourth-order valence-electron chi connectivity index (χ4n) is 1.58. The predicted octanol–water partition coefficient (Wildman–Crippen LogP) is 0.351. The van der Waals surface area contributed by atoms with E-state index in [4.69, 9.17) is 25.7 Å². The molecule has 0 aliphatic carbocycles. The predicted molar refractivity (Wildman–Crippen MR) is 59.0 cm³/mol. The van der Waals surface area contributed by atoms with Crippen molar-refractivity contribution in [2.75, 3.05) is 0 Å². The number of aromatic carboxylic acids is 4. The van der Waals surface area contributed by atoms with Crippen molar-refractivity contribution in [3.63, 3.8) is 0 Å². The summed E-state index contributed by atoms with van der Waals surface area (Å²) >= 11 is 0. The molecule has 0 aromatic heterocycles. The smallest absolute Gasteiger partial charge is 0.337 e. The van der Waals surface area contributed by atoms with E-state index in [0.717, 1.165) is 0 Å². The van der Waals surface area contributed by atoms with Crippen molar-refractivity contribution in [3.05, 3.63) is 33.9 Å². The van der Waals surface area contributed by atoms with E-state index in [1.54, 1.807) is 0 Å². The summed E-state index contributed by atoms with van der Waals surface area (Å²) in [6, 6.07) is 1.63. The lowest BCUT2D eigenvalue weighted by Crippen LogP contribution is -2.19. The third-order valence-corrected chi connectivity index (χ3v) is 2.33. The summed E-state index contributed by atoms with van der Waals surface area (Å²) in [5.74, 6) is -7.28. The average molecular weight is 279 g/mol. The van der Waals surface area contributed by atoms with Gasteiger partial charge in [0.15, 0.2) is 0 Å². The number of carboxylic acids is 4. The molecular formula is C11H5NO8. The third-order valence-electron chi connectivity index (χ3n) is 2.33. The fraction of sp³-hybridized carbons (Fsp3) is 0. The minimum absolute atomic E-state index is 0.401. The van der Waals surface area contributed by atoms with Crippen molar-refractivity contribution in [2.45, 2.75) is 0 Å². The first kappa shape index (κ1) is 14.7. The van der Waals surface area contributed by atoms with Crippen LogP contribution in [0.4, 0.5) is 0 Å². The number of nitriles is 1. The van der Waals surface area contributed by atoms with E-state index in [2.05, 4.69) is 0 Å². The van der Waals surface area contributed by atoms with Crippen LogP contribution in [-0.4, -0.2) is 44.3 Å². The second-order valence-corrected chi connectivity index (χ2v) is 3.43. The summed E-state index contributed by atoms with van der Waals surface area (Å²) in [6.45, 7) is 0. The SMILES string of the molecule is N#Cc1c(C(=O)O)c(C(=O)O)cc(C(=O)O)c1C(=O)O. The van der Waals surface area contributed by atoms with Crippen molar-refractivity contribution in [1.82, 2.24) is 0 Å². The topological polar surface area (TPSA) is 173 Å². The molecule has 9 nitrogen and oxygen atoms in total. The summed E-state index contributed by atoms with van der Waals surface area (Å²) in [5, 5.41) is 44.4. The maximum Gasteiger partial charge on any atom is 0.337 e. The van der Waals surface area contributed by atoms with Gasteiger partial charge in [0.25, 0.3) is 0 Å². The first-order chi connectivity index (χ1) is 9.22. The van der Waals surface area contributed by atoms with Crippen molar-refractivity contribution >= 4 is 23.9 Å². The lowest BCUT2D eigenvalue weighted by atomic mass is 9.92. The van der Waals surface area contributed by atoms with E-state index in [0.29, 0.717) is 6.07 Å². The van der Waals surface area contributed by atoms with Gasteiger partial charge in [-0.15, -0.1) is 0 Å². The molecule has 1 aromatic carbocycles. The quantitative estimate of drug-likeness (QED) is 0.606. The van der Waals surface area contributed by atoms with Crippen LogP contribution in [0.2, 0.25) is 0 Å². The Bertz CT molecular complexity index is 647. The molecule has 0 atom stereocenters. The number of carboxylic acid groups (broad SMARTS) is 4. The normalized spacial score (nSPS) is 9.55. The van der Waals surface area contributed by atoms with Crippen LogP contribution in [0.1, 0.15) is 47.0 Å². The molecule has 0 spiro atoms. The molecular weight excluding hydrogens is 274 g/mol. The van der Waals surface area contributed by atoms with Crippen LogP contribution >= 0.6 is 0 Å². The Labute approximate surface area is 109 Å². The maximum absolute atomic E-state index is 11.0. The van der Waals surface area contributed by atoms with E-state index in [1.165, 1.54) is 6.07 Å². The number of benzene rings is 1. The molecule has 102 valence electrons. The number of nitrogens with zero attached hydrogens (tertiary/aromatic N) is 1. The highest BCUT2D eigenvalue weighted by Gasteiger charge is 2.31. The first-order valence-corrected chi connectivity index (χ1v) is 4.76. The molecule has 20 heavy (non-hydrogen) atoms. The zero-order chi connectivity index (χ0) is 15.6. The lowest BCUT2D eigenvalue weighted by molar-refractivity contribution is 0.0636. The van der Waals surface area contributed by atoms with E-state index in [9.17, 15) is 19.2 Å². The standard InChI is InChI=1S/C11H5NO8/c12-2-5-6(10(17)18)3(8(13)14)1-4(9(15)16)7(5)11(19)20/h1H,(H,13,14)(H,15,16)(H,17,18)(H,19,20). The molecule has 0 heterocycles. The van der Waals surface area contributed by atoms with Crippen LogP contribution in [0.15, 0.2) is 6.07 Å². The highest BCUT2D eigenvalue weighted by molar-refractivity contribution is 6.11. The highest BCUT2D eigenvalue weighted by atomic mass is 16.4. The number of carbonyl (C=O) groups is 4. The van der Waals surface area contributed by atoms with Crippen LogP contribution in [0, 0.1) is 11.3 Å². The Morgan fingerprint density at radius 1 is 0.800 bits per heavy atom. The van der Waals surface area contributed by atoms with Gasteiger partial charge in [0.05, 0.1) is 27.8 Å². The summed E-state index contributed by atoms with van der Waals surface area (Å²) < 4.78 is 0. The van der Waals surface area contributed by atoms with Crippen molar-refractivity contribution in [3.8, 4) is 6.07 Å². The number of rotatable bonds is 4. The summed E-state index contributed by atoms with van der Waals surface area (Å²) in [6.07, 6.45) is 0. The summed E-state index contributed by atoms with van der Waals surface area (Å²) in [4.78, 5) is 43.9. The van der Waals surface area contributed by atoms with Crippen LogP contribution in [0.25, 0.3) is 0 Å². The Hall–Kier alpha value is -3.41. The molecule has 9 heteroatoms. The molecule has 0 saturated heterocycles. The molecule has 0 amide bonds. The van der Waals surface area contributed by atoms with Crippen molar-refractivity contribution < 1.29 is 39.6 Å². The molecule has 0 fully saturated rings. The third kappa shape index (κ3) is 2.25. The molecule has 0 unspecified atom stereocenters. The van der Waals surface area contributed by atoms with Gasteiger partial charge in [0.2, 0.25) is 0 Å². The van der Waals surface area contributed by atoms with Crippen LogP contribution in [0.5, 0.6) is 0 Å². The summed E-state index contributed by atoms with van der Waals surface area (Å²) in [5.41, 5.74) is -5.11. The zero-order valence-electron chi connectivity index (χ0n) is 9.45. The molecule has 0 bridgehead atoms. The van der Waals surface area contributed by atoms with Gasteiger partial charge in [0, 0.05) is 0 Å². The van der Waals surface area contributed by atoms with Crippen molar-refractivity contribution in [1.29, 1.82) is 5.26 Å². The number of hydrogen-bond acceptors (Lipinski definition) is 5. The van der Waals surface area contributed by atoms with Gasteiger partial charge in [-0.1, -0.05) is 0 Å². The lowest BCUT2D eigenvalue weighted by Gasteiger charge is -2.10. The minimum Gasteiger partial charge on any atom is -0.478 e. The van der Waals surface area contributed by atoms with Gasteiger partial charge >= 0.3 is 23.9 Å². The van der Waals surface area contributed by atoms with Crippen LogP contribution < -0.4 is 0 Å². The molecule has 1 rings (SSSR count). The Morgan fingerprint density at radius 2 is 1.15 bits per heavy atom. The van der Waals surface area contributed by atoms with E-state index in [1.807, 2.05) is 0 Å². The maximum atomic E-state index is 11.0. The minimum atomic E-state index is -1.85. The Kier molecular flexibility index (Phi) is 3.71. The monoisotopic (exact) mass is 279 g/mol. The second kappa shape index (κ2) is 5.07. The van der Waals surface area contributed by atoms with Crippen LogP contribution in [-0.2, 0) is 0 Å². The van der Waals surface area contributed by atoms with Gasteiger partial charge in [0.1, 0.15) is 6.07 Å². The Morgan fingerprint density at radius 3 is 1.35 bits per heavy atom. The van der Waals surface area contributed by atoms with Gasteiger partial charge < -0.3 is 20.4 Å². The van der Waals surface area contributed by atoms with Crippen LogP contribution in [0.3, 0.4) is 0 Å². The van der Waals surface area contributed by atoms with E-state index >= 15 is 0 Å². The number of hydrogen-bond donors (Lipinski definition) is 4. The molecule has 4 N–H and O–H groups in total. The van der Waals surface area contributed by atoms with Gasteiger partial charge in [-0.25, -0.2) is 19.2 Å². The zero-order valence-corrected chi connectivity index (χ0v) is 9.45. The average Bonchev–Trinajstić information content (AvgIpc) is 2.34. The largest absolute Gasteiger partial charge is 0.478 e. The molecule has 0 aliphatic heterocycles. The molecule has 0 radical (unpaired) electrons. The summed E-state index contributed by atoms with van der Waals surface area (Å²) in [7, 11) is 0.